The van der Waals surface area contributed by atoms with Crippen molar-refractivity contribution in [1.82, 2.24) is 25.1 Å². The Bertz CT molecular complexity index is 3240. The van der Waals surface area contributed by atoms with Crippen molar-refractivity contribution in [2.75, 3.05) is 22.1 Å². The summed E-state index contributed by atoms with van der Waals surface area (Å²) in [6.45, 7) is 8.60. The smallest absolute Gasteiger partial charge is 0.358 e. The van der Waals surface area contributed by atoms with Crippen LogP contribution in [-0.4, -0.2) is 67.6 Å². The van der Waals surface area contributed by atoms with Crippen molar-refractivity contribution in [3.05, 3.63) is 125 Å². The van der Waals surface area contributed by atoms with Crippen LogP contribution < -0.4 is 25.6 Å². The van der Waals surface area contributed by atoms with Crippen molar-refractivity contribution < 1.29 is 33.4 Å². The number of esters is 1. The number of carbonyl (C=O) groups is 5. The van der Waals surface area contributed by atoms with E-state index in [4.69, 9.17) is 14.5 Å². The highest BCUT2D eigenvalue weighted by Gasteiger charge is 2.33. The van der Waals surface area contributed by atoms with Crippen LogP contribution in [0.3, 0.4) is 0 Å². The van der Waals surface area contributed by atoms with Gasteiger partial charge in [0.15, 0.2) is 10.8 Å². The van der Waals surface area contributed by atoms with Crippen molar-refractivity contribution in [3.8, 4) is 16.9 Å². The van der Waals surface area contributed by atoms with Crippen LogP contribution in [0.1, 0.15) is 121 Å². The normalized spacial score (nSPS) is 18.1. The molecule has 1 atom stereocenters. The molecule has 1 aliphatic carbocycles. The summed E-state index contributed by atoms with van der Waals surface area (Å²) in [6.07, 6.45) is 5.99. The highest BCUT2D eigenvalue weighted by molar-refractivity contribution is 7.22. The molecule has 3 aromatic heterocycles. The van der Waals surface area contributed by atoms with Crippen molar-refractivity contribution in [2.45, 2.75) is 110 Å². The molecular formula is C56H58N8O7S. The monoisotopic (exact) mass is 986 g/mol. The Labute approximate surface area is 421 Å². The van der Waals surface area contributed by atoms with Gasteiger partial charge in [-0.1, -0.05) is 59.9 Å². The second-order valence-electron chi connectivity index (χ2n) is 20.1. The van der Waals surface area contributed by atoms with Gasteiger partial charge in [0.2, 0.25) is 17.7 Å². The minimum absolute atomic E-state index is 0.00832. The second-order valence-corrected chi connectivity index (χ2v) is 21.1. The maximum atomic E-state index is 14.1. The van der Waals surface area contributed by atoms with Gasteiger partial charge in [-0.3, -0.25) is 34.5 Å². The number of anilines is 3. The highest BCUT2D eigenvalue weighted by atomic mass is 32.1. The Morgan fingerprint density at radius 2 is 1.64 bits per heavy atom. The number of carbonyl (C=O) groups excluding carboxylic acids is 5. The summed E-state index contributed by atoms with van der Waals surface area (Å²) in [5.41, 5.74) is 7.18. The van der Waals surface area contributed by atoms with E-state index >= 15 is 0 Å². The number of pyridine rings is 1. The molecule has 1 unspecified atom stereocenters. The third-order valence-electron chi connectivity index (χ3n) is 14.0. The summed E-state index contributed by atoms with van der Waals surface area (Å²) in [4.78, 5) is 77.5. The molecular weight excluding hydrogens is 929 g/mol. The Morgan fingerprint density at radius 3 is 2.43 bits per heavy atom. The topological polar surface area (TPSA) is 187 Å². The molecule has 15 nitrogen and oxygen atoms in total. The molecule has 4 aromatic carbocycles. The van der Waals surface area contributed by atoms with Gasteiger partial charge in [0.25, 0.3) is 5.91 Å². The molecule has 2 fully saturated rings. The number of imide groups is 1. The van der Waals surface area contributed by atoms with Crippen molar-refractivity contribution in [1.29, 1.82) is 0 Å². The number of thiazole rings is 1. The lowest BCUT2D eigenvalue weighted by Gasteiger charge is -2.31. The lowest BCUT2D eigenvalue weighted by Crippen LogP contribution is -2.39. The lowest BCUT2D eigenvalue weighted by atomic mass is 9.84. The first-order chi connectivity index (χ1) is 34.7. The summed E-state index contributed by atoms with van der Waals surface area (Å²) in [5.74, 6) is -0.264. The summed E-state index contributed by atoms with van der Waals surface area (Å²) in [7, 11) is 1.80. The number of piperidine rings is 1. The van der Waals surface area contributed by atoms with Crippen LogP contribution in [-0.2, 0) is 39.1 Å². The number of aromatic nitrogens is 4. The Morgan fingerprint density at radius 1 is 0.847 bits per heavy atom. The first kappa shape index (κ1) is 48.2. The fraction of sp³-hybridized carbons (Fsp3) is 0.357. The number of para-hydroxylation sites is 2. The predicted octanol–water partition coefficient (Wildman–Crippen LogP) is 10.2. The molecule has 0 bridgehead atoms. The molecule has 5 heterocycles. The van der Waals surface area contributed by atoms with E-state index < -0.39 is 17.5 Å². The van der Waals surface area contributed by atoms with E-state index in [0.29, 0.717) is 71.7 Å². The molecule has 0 spiro atoms. The molecule has 2 aliphatic heterocycles. The number of rotatable bonds is 12. The van der Waals surface area contributed by atoms with Gasteiger partial charge >= 0.3 is 5.97 Å². The molecule has 1 saturated carbocycles. The summed E-state index contributed by atoms with van der Waals surface area (Å²) in [5, 5.41) is 14.5. The zero-order chi connectivity index (χ0) is 50.3. The summed E-state index contributed by atoms with van der Waals surface area (Å²) in [6, 6.07) is 29.0. The van der Waals surface area contributed by atoms with Gasteiger partial charge in [-0.15, -0.1) is 0 Å². The summed E-state index contributed by atoms with van der Waals surface area (Å²) >= 11 is 1.44. The van der Waals surface area contributed by atoms with Crippen LogP contribution in [0.4, 0.5) is 16.6 Å². The van der Waals surface area contributed by atoms with Crippen LogP contribution in [0.2, 0.25) is 0 Å². The fourth-order valence-electron chi connectivity index (χ4n) is 10.4. The van der Waals surface area contributed by atoms with E-state index in [1.807, 2.05) is 113 Å². The third kappa shape index (κ3) is 10.2. The lowest BCUT2D eigenvalue weighted by molar-refractivity contribution is -0.134. The average molecular weight is 987 g/mol. The fourth-order valence-corrected chi connectivity index (χ4v) is 11.2. The predicted molar refractivity (Wildman–Crippen MR) is 278 cm³/mol. The van der Waals surface area contributed by atoms with E-state index in [-0.39, 0.29) is 41.8 Å². The minimum atomic E-state index is -0.760. The quantitative estimate of drug-likeness (QED) is 0.0781. The van der Waals surface area contributed by atoms with Gasteiger partial charge in [0.1, 0.15) is 17.2 Å². The Balaban J connectivity index is 0.793. The van der Waals surface area contributed by atoms with E-state index in [2.05, 4.69) is 37.0 Å². The SMILES string of the molecule is Cc1c(O[C@H]2CC[C@H](CCC(=O)Nc3cccc4c(C5CCC(=O)NC5=O)nn(C)c34)CC2)cccc1-c1ccc(N2CCc3cccc(C(=O)Nc4nc5ccccc5s4)c3C2)nc1C(=O)OC(C)(C)C. The largest absolute Gasteiger partial charge is 0.490 e. The zero-order valence-electron chi connectivity index (χ0n) is 41.2. The maximum Gasteiger partial charge on any atom is 0.358 e. The molecule has 3 N–H and O–H groups in total. The first-order valence-corrected chi connectivity index (χ1v) is 25.6. The van der Waals surface area contributed by atoms with Gasteiger partial charge in [-0.2, -0.15) is 5.10 Å². The van der Waals surface area contributed by atoms with E-state index in [1.165, 1.54) is 11.3 Å². The number of aryl methyl sites for hydroxylation is 1. The number of amides is 4. The van der Waals surface area contributed by atoms with Crippen LogP contribution in [0, 0.1) is 12.8 Å². The first-order valence-electron chi connectivity index (χ1n) is 24.8. The number of benzene rings is 4. The highest BCUT2D eigenvalue weighted by Crippen LogP contribution is 2.39. The Kier molecular flexibility index (Phi) is 13.4. The number of hydrogen-bond donors (Lipinski definition) is 3. The minimum Gasteiger partial charge on any atom is -0.490 e. The van der Waals surface area contributed by atoms with Crippen LogP contribution in [0.15, 0.2) is 91.0 Å². The molecule has 1 saturated heterocycles. The van der Waals surface area contributed by atoms with Gasteiger partial charge in [-0.25, -0.2) is 14.8 Å². The number of nitrogens with one attached hydrogen (secondary N) is 3. The van der Waals surface area contributed by atoms with E-state index in [0.717, 1.165) is 81.2 Å². The molecule has 16 heteroatoms. The standard InChI is InChI=1S/C56H58N8O7S/c1-32-36(12-10-17-44(32)70-35-22-19-33(20-23-35)21-27-47(65)57-43-16-9-14-39-49(62-63(5)51(39)43)40-25-28-48(66)60-53(40)68)37-24-26-46(59-50(37)54(69)71-56(2,3)4)64-30-29-34-11-8-13-38(41(34)31-64)52(67)61-55-58-42-15-6-7-18-45(42)72-55/h6-18,24,26,33,35,40H,19-23,25,27-31H2,1-5H3,(H,57,65)(H,58,61,67)(H,60,66,68)/t33-,35-,40?. The van der Waals surface area contributed by atoms with Gasteiger partial charge in [0.05, 0.1) is 39.1 Å². The molecule has 7 aromatic rings. The molecule has 4 amide bonds. The van der Waals surface area contributed by atoms with Crippen molar-refractivity contribution in [2.24, 2.45) is 13.0 Å². The Hall–Kier alpha value is -7.46. The number of nitrogens with zero attached hydrogens (tertiary/aromatic N) is 5. The van der Waals surface area contributed by atoms with Gasteiger partial charge in [-0.05, 0) is 143 Å². The molecule has 3 aliphatic rings. The summed E-state index contributed by atoms with van der Waals surface area (Å²) < 4.78 is 15.4. The number of hydrogen-bond acceptors (Lipinski definition) is 12. The molecule has 370 valence electrons. The van der Waals surface area contributed by atoms with Crippen LogP contribution in [0.25, 0.3) is 32.2 Å². The van der Waals surface area contributed by atoms with Crippen molar-refractivity contribution >= 4 is 78.7 Å². The average Bonchev–Trinajstić information content (AvgIpc) is 3.93. The molecule has 10 rings (SSSR count). The van der Waals surface area contributed by atoms with E-state index in [9.17, 15) is 24.0 Å². The second kappa shape index (κ2) is 20.0. The van der Waals surface area contributed by atoms with Crippen LogP contribution in [0.5, 0.6) is 5.75 Å². The number of fused-ring (bicyclic) bond motifs is 3. The molecule has 72 heavy (non-hydrogen) atoms. The van der Waals surface area contributed by atoms with E-state index in [1.54, 1.807) is 11.7 Å². The maximum absolute atomic E-state index is 14.1. The number of ether oxygens (including phenoxy) is 2. The molecule has 0 radical (unpaired) electrons. The van der Waals surface area contributed by atoms with Crippen molar-refractivity contribution in [3.63, 3.8) is 0 Å². The van der Waals surface area contributed by atoms with Gasteiger partial charge in [0, 0.05) is 49.5 Å². The van der Waals surface area contributed by atoms with Gasteiger partial charge < -0.3 is 19.7 Å². The van der Waals surface area contributed by atoms with Crippen LogP contribution >= 0.6 is 11.3 Å². The third-order valence-corrected chi connectivity index (χ3v) is 15.0. The zero-order valence-corrected chi connectivity index (χ0v) is 42.0.